The van der Waals surface area contributed by atoms with Gasteiger partial charge in [-0.15, -0.1) is 11.3 Å². The van der Waals surface area contributed by atoms with Crippen molar-refractivity contribution in [2.24, 2.45) is 0 Å². The van der Waals surface area contributed by atoms with Gasteiger partial charge in [0.15, 0.2) is 0 Å². The molecule has 1 N–H and O–H groups in total. The average molecular weight is 265 g/mol. The summed E-state index contributed by atoms with van der Waals surface area (Å²) in [5, 5.41) is 6.88. The standard InChI is InChI=1S/C14H23N3S/c1-10-16-11(9-18-10)5-6-17-13-3-4-14(17)8-12(7-13)15-2/h9,12-15H,3-8H2,1-2H3. The normalized spacial score (nSPS) is 32.0. The molecule has 2 unspecified atom stereocenters. The van der Waals surface area contributed by atoms with Crippen LogP contribution in [0.3, 0.4) is 0 Å². The van der Waals surface area contributed by atoms with Gasteiger partial charge >= 0.3 is 0 Å². The second kappa shape index (κ2) is 5.27. The van der Waals surface area contributed by atoms with Gasteiger partial charge in [0.2, 0.25) is 0 Å². The fraction of sp³-hybridized carbons (Fsp3) is 0.786. The first kappa shape index (κ1) is 12.6. The zero-order valence-electron chi connectivity index (χ0n) is 11.4. The van der Waals surface area contributed by atoms with E-state index >= 15 is 0 Å². The first-order valence-electron chi connectivity index (χ1n) is 7.10. The third-order valence-corrected chi connectivity index (χ3v) is 5.41. The molecule has 1 aromatic heterocycles. The maximum Gasteiger partial charge on any atom is 0.0897 e. The summed E-state index contributed by atoms with van der Waals surface area (Å²) in [6.45, 7) is 3.30. The highest BCUT2D eigenvalue weighted by atomic mass is 32.1. The molecular formula is C14H23N3S. The molecule has 3 nitrogen and oxygen atoms in total. The SMILES string of the molecule is CNC1CC2CCC(C1)N2CCc1csc(C)n1. The Kier molecular flexibility index (Phi) is 3.68. The summed E-state index contributed by atoms with van der Waals surface area (Å²) >= 11 is 1.77. The van der Waals surface area contributed by atoms with Crippen LogP contribution in [-0.2, 0) is 6.42 Å². The fourth-order valence-corrected chi connectivity index (χ4v) is 4.29. The van der Waals surface area contributed by atoms with Crippen LogP contribution in [0, 0.1) is 6.92 Å². The monoisotopic (exact) mass is 265 g/mol. The van der Waals surface area contributed by atoms with E-state index in [1.807, 2.05) is 0 Å². The Morgan fingerprint density at radius 1 is 1.39 bits per heavy atom. The molecule has 4 heteroatoms. The maximum atomic E-state index is 4.58. The van der Waals surface area contributed by atoms with E-state index in [4.69, 9.17) is 0 Å². The van der Waals surface area contributed by atoms with E-state index in [-0.39, 0.29) is 0 Å². The second-order valence-electron chi connectivity index (χ2n) is 5.69. The molecule has 2 aliphatic rings. The van der Waals surface area contributed by atoms with Crippen LogP contribution in [0.2, 0.25) is 0 Å². The highest BCUT2D eigenvalue weighted by Gasteiger charge is 2.39. The molecule has 100 valence electrons. The number of thiazole rings is 1. The molecule has 2 aliphatic heterocycles. The van der Waals surface area contributed by atoms with Crippen LogP contribution in [0.15, 0.2) is 5.38 Å². The molecule has 2 bridgehead atoms. The van der Waals surface area contributed by atoms with Gasteiger partial charge in [-0.3, -0.25) is 4.90 Å². The van der Waals surface area contributed by atoms with E-state index in [1.165, 1.54) is 42.9 Å². The van der Waals surface area contributed by atoms with Gasteiger partial charge in [0.25, 0.3) is 0 Å². The summed E-state index contributed by atoms with van der Waals surface area (Å²) in [6.07, 6.45) is 6.60. The van der Waals surface area contributed by atoms with Gasteiger partial charge in [-0.1, -0.05) is 0 Å². The minimum absolute atomic E-state index is 0.750. The van der Waals surface area contributed by atoms with Crippen molar-refractivity contribution in [1.29, 1.82) is 0 Å². The fourth-order valence-electron chi connectivity index (χ4n) is 3.64. The summed E-state index contributed by atoms with van der Waals surface area (Å²) in [5.41, 5.74) is 1.28. The largest absolute Gasteiger partial charge is 0.317 e. The Morgan fingerprint density at radius 2 is 2.11 bits per heavy atom. The predicted octanol–water partition coefficient (Wildman–Crippen LogP) is 2.21. The second-order valence-corrected chi connectivity index (χ2v) is 6.75. The van der Waals surface area contributed by atoms with Gasteiger partial charge in [-0.25, -0.2) is 4.98 Å². The summed E-state index contributed by atoms with van der Waals surface area (Å²) in [4.78, 5) is 7.33. The molecule has 2 atom stereocenters. The minimum atomic E-state index is 0.750. The van der Waals surface area contributed by atoms with Crippen molar-refractivity contribution in [2.75, 3.05) is 13.6 Å². The molecule has 0 aromatic carbocycles. The number of fused-ring (bicyclic) bond motifs is 2. The van der Waals surface area contributed by atoms with Gasteiger partial charge in [0.05, 0.1) is 10.7 Å². The van der Waals surface area contributed by atoms with Crippen molar-refractivity contribution in [2.45, 2.75) is 57.2 Å². The molecule has 3 heterocycles. The van der Waals surface area contributed by atoms with Crippen LogP contribution < -0.4 is 5.32 Å². The van der Waals surface area contributed by atoms with Crippen molar-refractivity contribution >= 4 is 11.3 Å². The molecule has 2 saturated heterocycles. The quantitative estimate of drug-likeness (QED) is 0.904. The highest BCUT2D eigenvalue weighted by molar-refractivity contribution is 7.09. The van der Waals surface area contributed by atoms with E-state index in [0.717, 1.165) is 24.5 Å². The lowest BCUT2D eigenvalue weighted by Gasteiger charge is -2.38. The predicted molar refractivity (Wildman–Crippen MR) is 76.2 cm³/mol. The topological polar surface area (TPSA) is 28.2 Å². The summed E-state index contributed by atoms with van der Waals surface area (Å²) in [6, 6.07) is 2.39. The number of hydrogen-bond donors (Lipinski definition) is 1. The number of nitrogens with zero attached hydrogens (tertiary/aromatic N) is 2. The Hall–Kier alpha value is -0.450. The molecule has 0 amide bonds. The van der Waals surface area contributed by atoms with Crippen LogP contribution in [0.1, 0.15) is 36.4 Å². The molecular weight excluding hydrogens is 242 g/mol. The zero-order valence-corrected chi connectivity index (χ0v) is 12.2. The Labute approximate surface area is 114 Å². The highest BCUT2D eigenvalue weighted by Crippen LogP contribution is 2.35. The van der Waals surface area contributed by atoms with E-state index in [0.29, 0.717) is 0 Å². The lowest BCUT2D eigenvalue weighted by Crippen LogP contribution is -2.48. The van der Waals surface area contributed by atoms with Crippen LogP contribution in [-0.4, -0.2) is 41.6 Å². The summed E-state index contributed by atoms with van der Waals surface area (Å²) in [7, 11) is 2.11. The first-order chi connectivity index (χ1) is 8.76. The van der Waals surface area contributed by atoms with Crippen LogP contribution in [0.4, 0.5) is 0 Å². The van der Waals surface area contributed by atoms with Crippen molar-refractivity contribution in [1.82, 2.24) is 15.2 Å². The Morgan fingerprint density at radius 3 is 2.67 bits per heavy atom. The van der Waals surface area contributed by atoms with Crippen LogP contribution in [0.25, 0.3) is 0 Å². The molecule has 3 rings (SSSR count). The number of hydrogen-bond acceptors (Lipinski definition) is 4. The third-order valence-electron chi connectivity index (χ3n) is 4.59. The minimum Gasteiger partial charge on any atom is -0.317 e. The van der Waals surface area contributed by atoms with Crippen LogP contribution >= 0.6 is 11.3 Å². The molecule has 0 radical (unpaired) electrons. The van der Waals surface area contributed by atoms with Crippen molar-refractivity contribution in [3.63, 3.8) is 0 Å². The van der Waals surface area contributed by atoms with Gasteiger partial charge in [0.1, 0.15) is 0 Å². The summed E-state index contributed by atoms with van der Waals surface area (Å²) < 4.78 is 0. The van der Waals surface area contributed by atoms with Gasteiger partial charge in [0, 0.05) is 36.5 Å². The van der Waals surface area contributed by atoms with Crippen molar-refractivity contribution in [3.05, 3.63) is 16.1 Å². The van der Waals surface area contributed by atoms with Crippen molar-refractivity contribution < 1.29 is 0 Å². The van der Waals surface area contributed by atoms with Gasteiger partial charge < -0.3 is 5.32 Å². The van der Waals surface area contributed by atoms with Crippen LogP contribution in [0.5, 0.6) is 0 Å². The first-order valence-corrected chi connectivity index (χ1v) is 7.98. The van der Waals surface area contributed by atoms with Gasteiger partial charge in [-0.05, 0) is 39.7 Å². The average Bonchev–Trinajstić information content (AvgIpc) is 2.87. The molecule has 0 spiro atoms. The maximum absolute atomic E-state index is 4.58. The molecule has 0 saturated carbocycles. The summed E-state index contributed by atoms with van der Waals surface area (Å²) in [5.74, 6) is 0. The number of aryl methyl sites for hydroxylation is 1. The number of piperidine rings is 1. The molecule has 2 fully saturated rings. The Balaban J connectivity index is 1.58. The van der Waals surface area contributed by atoms with E-state index in [2.05, 4.69) is 34.6 Å². The zero-order chi connectivity index (χ0) is 12.5. The Bertz CT molecular complexity index is 389. The molecule has 0 aliphatic carbocycles. The van der Waals surface area contributed by atoms with Crippen molar-refractivity contribution in [3.8, 4) is 0 Å². The smallest absolute Gasteiger partial charge is 0.0897 e. The van der Waals surface area contributed by atoms with E-state index < -0.39 is 0 Å². The number of aromatic nitrogens is 1. The van der Waals surface area contributed by atoms with E-state index in [9.17, 15) is 0 Å². The lowest BCUT2D eigenvalue weighted by atomic mass is 9.97. The van der Waals surface area contributed by atoms with Gasteiger partial charge in [-0.2, -0.15) is 0 Å². The number of nitrogens with one attached hydrogen (secondary N) is 1. The van der Waals surface area contributed by atoms with E-state index in [1.54, 1.807) is 11.3 Å². The molecule has 18 heavy (non-hydrogen) atoms. The lowest BCUT2D eigenvalue weighted by molar-refractivity contribution is 0.120. The number of rotatable bonds is 4. The molecule has 1 aromatic rings. The third kappa shape index (κ3) is 2.46.